The molecule has 0 amide bonds. The molecule has 0 saturated heterocycles. The van der Waals surface area contributed by atoms with Gasteiger partial charge in [0.15, 0.2) is 0 Å². The lowest BCUT2D eigenvalue weighted by Crippen LogP contribution is -2.34. The van der Waals surface area contributed by atoms with Crippen molar-refractivity contribution in [3.05, 3.63) is 23.8 Å². The van der Waals surface area contributed by atoms with Crippen molar-refractivity contribution in [2.75, 3.05) is 20.8 Å². The van der Waals surface area contributed by atoms with Crippen LogP contribution in [0.15, 0.2) is 18.2 Å². The lowest BCUT2D eigenvalue weighted by Gasteiger charge is -2.25. The fourth-order valence-corrected chi connectivity index (χ4v) is 1.67. The molecule has 1 unspecified atom stereocenters. The molecule has 5 heteroatoms. The van der Waals surface area contributed by atoms with Crippen molar-refractivity contribution in [2.45, 2.75) is 32.4 Å². The maximum absolute atomic E-state index is 5.76. The van der Waals surface area contributed by atoms with Crippen LogP contribution in [0, 0.1) is 0 Å². The summed E-state index contributed by atoms with van der Waals surface area (Å²) in [5.74, 6) is 7.08. The fraction of sp³-hybridized carbons (Fsp3) is 0.571. The van der Waals surface area contributed by atoms with E-state index in [4.69, 9.17) is 20.1 Å². The van der Waals surface area contributed by atoms with Crippen molar-refractivity contribution in [1.29, 1.82) is 0 Å². The Morgan fingerprint density at radius 3 is 2.37 bits per heavy atom. The summed E-state index contributed by atoms with van der Waals surface area (Å²) in [4.78, 5) is 0. The summed E-state index contributed by atoms with van der Waals surface area (Å²) in [6, 6.07) is 5.49. The monoisotopic (exact) mass is 268 g/mol. The molecule has 1 rings (SSSR count). The highest BCUT2D eigenvalue weighted by atomic mass is 16.5. The molecule has 19 heavy (non-hydrogen) atoms. The van der Waals surface area contributed by atoms with Crippen LogP contribution in [0.1, 0.15) is 32.4 Å². The Morgan fingerprint density at radius 1 is 1.21 bits per heavy atom. The van der Waals surface area contributed by atoms with E-state index in [1.54, 1.807) is 14.2 Å². The Labute approximate surface area is 115 Å². The maximum atomic E-state index is 5.76. The number of benzene rings is 1. The van der Waals surface area contributed by atoms with Gasteiger partial charge in [0, 0.05) is 11.6 Å². The smallest absolute Gasteiger partial charge is 0.127 e. The predicted molar refractivity (Wildman–Crippen MR) is 75.3 cm³/mol. The lowest BCUT2D eigenvalue weighted by molar-refractivity contribution is -0.0150. The Morgan fingerprint density at radius 2 is 1.89 bits per heavy atom. The quantitative estimate of drug-likeness (QED) is 0.610. The summed E-state index contributed by atoms with van der Waals surface area (Å²) in [5, 5.41) is 0. The summed E-state index contributed by atoms with van der Waals surface area (Å²) in [7, 11) is 3.24. The van der Waals surface area contributed by atoms with E-state index in [0.29, 0.717) is 6.61 Å². The first-order valence-electron chi connectivity index (χ1n) is 6.23. The third kappa shape index (κ3) is 4.70. The number of ether oxygens (including phenoxy) is 3. The van der Waals surface area contributed by atoms with E-state index in [1.807, 2.05) is 39.0 Å². The molecule has 0 heterocycles. The average Bonchev–Trinajstić information content (AvgIpc) is 2.38. The van der Waals surface area contributed by atoms with Gasteiger partial charge in [-0.25, -0.2) is 0 Å². The summed E-state index contributed by atoms with van der Waals surface area (Å²) in [6.45, 7) is 6.48. The number of hydrogen-bond acceptors (Lipinski definition) is 5. The van der Waals surface area contributed by atoms with Crippen molar-refractivity contribution in [1.82, 2.24) is 5.43 Å². The first-order chi connectivity index (χ1) is 8.91. The third-order valence-corrected chi connectivity index (χ3v) is 2.70. The van der Waals surface area contributed by atoms with Crippen LogP contribution in [0.5, 0.6) is 11.5 Å². The van der Waals surface area contributed by atoms with Gasteiger partial charge in [-0.1, -0.05) is 0 Å². The summed E-state index contributed by atoms with van der Waals surface area (Å²) in [6.07, 6.45) is 0. The molecule has 1 atom stereocenters. The maximum Gasteiger partial charge on any atom is 0.127 e. The topological polar surface area (TPSA) is 65.7 Å². The molecular weight excluding hydrogens is 244 g/mol. The largest absolute Gasteiger partial charge is 0.497 e. The van der Waals surface area contributed by atoms with Gasteiger partial charge in [0.05, 0.1) is 32.5 Å². The second-order valence-corrected chi connectivity index (χ2v) is 5.25. The molecule has 0 aliphatic carbocycles. The van der Waals surface area contributed by atoms with Crippen LogP contribution in [0.3, 0.4) is 0 Å². The minimum Gasteiger partial charge on any atom is -0.497 e. The van der Waals surface area contributed by atoms with Gasteiger partial charge < -0.3 is 14.2 Å². The van der Waals surface area contributed by atoms with Gasteiger partial charge in [0.2, 0.25) is 0 Å². The summed E-state index contributed by atoms with van der Waals surface area (Å²) >= 11 is 0. The molecule has 0 aliphatic rings. The number of nitrogens with one attached hydrogen (secondary N) is 1. The average molecular weight is 268 g/mol. The Bertz CT molecular complexity index is 402. The normalized spacial score (nSPS) is 13.2. The molecule has 1 aromatic carbocycles. The second-order valence-electron chi connectivity index (χ2n) is 5.25. The van der Waals surface area contributed by atoms with E-state index in [0.717, 1.165) is 17.1 Å². The Balaban J connectivity index is 2.91. The zero-order valence-electron chi connectivity index (χ0n) is 12.3. The highest BCUT2D eigenvalue weighted by Gasteiger charge is 2.19. The molecule has 0 fully saturated rings. The van der Waals surface area contributed by atoms with Crippen LogP contribution < -0.4 is 20.7 Å². The van der Waals surface area contributed by atoms with Gasteiger partial charge in [0.1, 0.15) is 11.5 Å². The predicted octanol–water partition coefficient (Wildman–Crippen LogP) is 2.02. The molecule has 0 aliphatic heterocycles. The van der Waals surface area contributed by atoms with E-state index < -0.39 is 0 Å². The van der Waals surface area contributed by atoms with Crippen LogP contribution in [-0.4, -0.2) is 26.4 Å². The van der Waals surface area contributed by atoms with E-state index in [1.165, 1.54) is 0 Å². The first kappa shape index (κ1) is 15.8. The number of hydrazine groups is 1. The summed E-state index contributed by atoms with van der Waals surface area (Å²) in [5.41, 5.74) is 3.48. The second kappa shape index (κ2) is 6.75. The van der Waals surface area contributed by atoms with Crippen molar-refractivity contribution in [3.63, 3.8) is 0 Å². The molecule has 108 valence electrons. The van der Waals surface area contributed by atoms with Gasteiger partial charge in [-0.2, -0.15) is 0 Å². The van der Waals surface area contributed by atoms with E-state index in [-0.39, 0.29) is 11.6 Å². The molecule has 0 radical (unpaired) electrons. The molecule has 3 N–H and O–H groups in total. The zero-order chi connectivity index (χ0) is 14.5. The standard InChI is InChI=1S/C14H24N2O3/c1-14(2,3)19-9-12(16-15)11-7-6-10(17-4)8-13(11)18-5/h6-8,12,16H,9,15H2,1-5H3. The van der Waals surface area contributed by atoms with Gasteiger partial charge in [0.25, 0.3) is 0 Å². The molecule has 0 bridgehead atoms. The van der Waals surface area contributed by atoms with Gasteiger partial charge in [-0.3, -0.25) is 11.3 Å². The Kier molecular flexibility index (Phi) is 5.60. The third-order valence-electron chi connectivity index (χ3n) is 2.70. The Hall–Kier alpha value is -1.30. The van der Waals surface area contributed by atoms with Crippen LogP contribution in [0.2, 0.25) is 0 Å². The molecular formula is C14H24N2O3. The van der Waals surface area contributed by atoms with E-state index >= 15 is 0 Å². The van der Waals surface area contributed by atoms with Gasteiger partial charge in [-0.05, 0) is 32.9 Å². The highest BCUT2D eigenvalue weighted by molar-refractivity contribution is 5.42. The van der Waals surface area contributed by atoms with Crippen molar-refractivity contribution in [2.24, 2.45) is 5.84 Å². The molecule has 0 saturated carbocycles. The SMILES string of the molecule is COc1ccc(C(COC(C)(C)C)NN)c(OC)c1. The van der Waals surface area contributed by atoms with Crippen LogP contribution >= 0.6 is 0 Å². The van der Waals surface area contributed by atoms with E-state index in [9.17, 15) is 0 Å². The van der Waals surface area contributed by atoms with Crippen LogP contribution in [-0.2, 0) is 4.74 Å². The highest BCUT2D eigenvalue weighted by Crippen LogP contribution is 2.29. The van der Waals surface area contributed by atoms with Gasteiger partial charge in [-0.15, -0.1) is 0 Å². The van der Waals surface area contributed by atoms with Crippen molar-refractivity contribution >= 4 is 0 Å². The number of nitrogens with two attached hydrogens (primary N) is 1. The first-order valence-corrected chi connectivity index (χ1v) is 6.23. The lowest BCUT2D eigenvalue weighted by atomic mass is 10.1. The minimum atomic E-state index is -0.213. The number of rotatable bonds is 6. The molecule has 0 spiro atoms. The van der Waals surface area contributed by atoms with Crippen LogP contribution in [0.25, 0.3) is 0 Å². The number of hydrogen-bond donors (Lipinski definition) is 2. The van der Waals surface area contributed by atoms with Gasteiger partial charge >= 0.3 is 0 Å². The molecule has 1 aromatic rings. The van der Waals surface area contributed by atoms with Crippen LogP contribution in [0.4, 0.5) is 0 Å². The van der Waals surface area contributed by atoms with E-state index in [2.05, 4.69) is 5.43 Å². The molecule has 5 nitrogen and oxygen atoms in total. The molecule has 0 aromatic heterocycles. The fourth-order valence-electron chi connectivity index (χ4n) is 1.67. The van der Waals surface area contributed by atoms with Crippen molar-refractivity contribution in [3.8, 4) is 11.5 Å². The number of methoxy groups -OCH3 is 2. The zero-order valence-corrected chi connectivity index (χ0v) is 12.3. The summed E-state index contributed by atoms with van der Waals surface area (Å²) < 4.78 is 16.3. The minimum absolute atomic E-state index is 0.139. The van der Waals surface area contributed by atoms with Crippen molar-refractivity contribution < 1.29 is 14.2 Å².